The molecule has 2 radical (unpaired) electrons. The average molecular weight is 293 g/mol. The van der Waals surface area contributed by atoms with Gasteiger partial charge >= 0.3 is 23.9 Å². The first kappa shape index (κ1) is 11.9. The van der Waals surface area contributed by atoms with Gasteiger partial charge in [0.1, 0.15) is 0 Å². The second-order valence-corrected chi connectivity index (χ2v) is 3.71. The summed E-state index contributed by atoms with van der Waals surface area (Å²) >= 11 is 0. The molecule has 0 bridgehead atoms. The molecule has 0 atom stereocenters. The molecule has 0 saturated carbocycles. The van der Waals surface area contributed by atoms with Gasteiger partial charge in [-0.25, -0.2) is 0 Å². The van der Waals surface area contributed by atoms with Crippen LogP contribution in [0.4, 0.5) is 0 Å². The van der Waals surface area contributed by atoms with Gasteiger partial charge < -0.3 is 0 Å². The number of rotatable bonds is 1. The van der Waals surface area contributed by atoms with Crippen molar-refractivity contribution in [2.75, 3.05) is 0 Å². The molecule has 1 aromatic carbocycles. The standard InChI is InChI=1S/C7H8O3S.Sn.2H/c1-6-2-4-7(5-3-6)11(8,9)10;;;/h2-5H,1H3,(H,8,9,10);;;. The minimum atomic E-state index is -4.02. The first-order valence-electron chi connectivity index (χ1n) is 3.04. The van der Waals surface area contributed by atoms with Crippen LogP contribution in [0.15, 0.2) is 29.2 Å². The van der Waals surface area contributed by atoms with E-state index in [1.807, 2.05) is 6.92 Å². The molecule has 0 spiro atoms. The molecule has 0 aliphatic heterocycles. The molecule has 0 fully saturated rings. The van der Waals surface area contributed by atoms with Crippen LogP contribution in [0.25, 0.3) is 0 Å². The van der Waals surface area contributed by atoms with Crippen LogP contribution in [-0.4, -0.2) is 36.9 Å². The zero-order valence-corrected chi connectivity index (χ0v) is 11.5. The van der Waals surface area contributed by atoms with Crippen LogP contribution in [0.3, 0.4) is 0 Å². The fraction of sp³-hybridized carbons (Fsp3) is 0.143. The Bertz CT molecular complexity index is 341. The number of benzene rings is 1. The van der Waals surface area contributed by atoms with Crippen LogP contribution < -0.4 is 0 Å². The molecule has 3 nitrogen and oxygen atoms in total. The Hall–Kier alpha value is -0.0713. The second-order valence-electron chi connectivity index (χ2n) is 2.29. The van der Waals surface area contributed by atoms with Crippen LogP contribution in [-0.2, 0) is 10.1 Å². The quantitative estimate of drug-likeness (QED) is 0.599. The predicted molar refractivity (Wildman–Crippen MR) is 49.5 cm³/mol. The van der Waals surface area contributed by atoms with Gasteiger partial charge in [-0.05, 0) is 19.1 Å². The Morgan fingerprint density at radius 3 is 1.92 bits per heavy atom. The third kappa shape index (κ3) is 3.12. The van der Waals surface area contributed by atoms with E-state index in [0.717, 1.165) is 5.56 Å². The summed E-state index contributed by atoms with van der Waals surface area (Å²) in [5, 5.41) is 0. The zero-order valence-electron chi connectivity index (χ0n) is 6.69. The average Bonchev–Trinajstić information content (AvgIpc) is 1.86. The van der Waals surface area contributed by atoms with E-state index in [9.17, 15) is 8.42 Å². The summed E-state index contributed by atoms with van der Waals surface area (Å²) < 4.78 is 29.6. The maximum atomic E-state index is 10.5. The van der Waals surface area contributed by atoms with E-state index < -0.39 is 10.1 Å². The topological polar surface area (TPSA) is 54.4 Å². The molecule has 0 heterocycles. The maximum absolute atomic E-state index is 10.5. The third-order valence-corrected chi connectivity index (χ3v) is 2.19. The predicted octanol–water partition coefficient (Wildman–Crippen LogP) is 0.326. The van der Waals surface area contributed by atoms with Gasteiger partial charge in [0.25, 0.3) is 10.1 Å². The second kappa shape index (κ2) is 4.25. The molecular weight excluding hydrogens is 283 g/mol. The number of hydrogen-bond acceptors (Lipinski definition) is 2. The van der Waals surface area contributed by atoms with E-state index in [1.54, 1.807) is 12.1 Å². The van der Waals surface area contributed by atoms with Crippen molar-refractivity contribution in [3.8, 4) is 0 Å². The Kier molecular flexibility index (Phi) is 4.22. The van der Waals surface area contributed by atoms with Gasteiger partial charge in [-0.2, -0.15) is 8.42 Å². The van der Waals surface area contributed by atoms with Crippen molar-refractivity contribution in [3.63, 3.8) is 0 Å². The molecular formula is C7H10O3SSn. The van der Waals surface area contributed by atoms with Gasteiger partial charge in [-0.15, -0.1) is 0 Å². The molecule has 0 aromatic heterocycles. The van der Waals surface area contributed by atoms with E-state index in [2.05, 4.69) is 0 Å². The van der Waals surface area contributed by atoms with Gasteiger partial charge in [-0.3, -0.25) is 4.55 Å². The van der Waals surface area contributed by atoms with Gasteiger partial charge in [0, 0.05) is 0 Å². The Morgan fingerprint density at radius 1 is 1.17 bits per heavy atom. The molecule has 5 heteroatoms. The van der Waals surface area contributed by atoms with Crippen LogP contribution >= 0.6 is 0 Å². The fourth-order valence-corrected chi connectivity index (χ4v) is 1.19. The summed E-state index contributed by atoms with van der Waals surface area (Å²) in [7, 11) is -4.02. The Morgan fingerprint density at radius 2 is 1.58 bits per heavy atom. The van der Waals surface area contributed by atoms with Crippen LogP contribution in [0.5, 0.6) is 0 Å². The Labute approximate surface area is 88.5 Å². The SMILES string of the molecule is Cc1ccc(S(=O)(=O)O)cc1.[SnH2]. The van der Waals surface area contributed by atoms with Crippen LogP contribution in [0.1, 0.15) is 5.56 Å². The molecule has 1 aromatic rings. The van der Waals surface area contributed by atoms with Gasteiger partial charge in [0.15, 0.2) is 0 Å². The zero-order chi connectivity index (χ0) is 8.48. The molecule has 0 aliphatic carbocycles. The van der Waals surface area contributed by atoms with Crippen molar-refractivity contribution in [2.45, 2.75) is 11.8 Å². The Balaban J connectivity index is 0.00000121. The summed E-state index contributed by atoms with van der Waals surface area (Å²) in [6.07, 6.45) is 0. The van der Waals surface area contributed by atoms with Gasteiger partial charge in [0.2, 0.25) is 0 Å². The summed E-state index contributed by atoms with van der Waals surface area (Å²) in [5.41, 5.74) is 0.956. The van der Waals surface area contributed by atoms with Crippen molar-refractivity contribution in [1.29, 1.82) is 0 Å². The van der Waals surface area contributed by atoms with E-state index in [-0.39, 0.29) is 28.8 Å². The van der Waals surface area contributed by atoms with Crippen LogP contribution in [0, 0.1) is 6.92 Å². The molecule has 66 valence electrons. The fourth-order valence-electron chi connectivity index (χ4n) is 0.710. The normalized spacial score (nSPS) is 10.5. The van der Waals surface area contributed by atoms with Crippen molar-refractivity contribution in [2.24, 2.45) is 0 Å². The molecule has 0 saturated heterocycles. The first-order valence-corrected chi connectivity index (χ1v) is 4.48. The van der Waals surface area contributed by atoms with Crippen molar-refractivity contribution in [1.82, 2.24) is 0 Å². The third-order valence-electron chi connectivity index (χ3n) is 1.32. The monoisotopic (exact) mass is 294 g/mol. The molecule has 0 unspecified atom stereocenters. The molecule has 0 aliphatic rings. The number of hydrogen-bond donors (Lipinski definition) is 1. The molecule has 0 amide bonds. The van der Waals surface area contributed by atoms with E-state index in [4.69, 9.17) is 4.55 Å². The van der Waals surface area contributed by atoms with Crippen molar-refractivity contribution in [3.05, 3.63) is 29.8 Å². The van der Waals surface area contributed by atoms with E-state index in [1.165, 1.54) is 12.1 Å². The van der Waals surface area contributed by atoms with Crippen LogP contribution in [0.2, 0.25) is 0 Å². The summed E-state index contributed by atoms with van der Waals surface area (Å²) in [6, 6.07) is 5.99. The molecule has 1 rings (SSSR count). The van der Waals surface area contributed by atoms with E-state index >= 15 is 0 Å². The van der Waals surface area contributed by atoms with Crippen molar-refractivity contribution < 1.29 is 13.0 Å². The van der Waals surface area contributed by atoms with Gasteiger partial charge in [0.05, 0.1) is 4.90 Å². The van der Waals surface area contributed by atoms with Crippen molar-refractivity contribution >= 4 is 34.0 Å². The molecule has 12 heavy (non-hydrogen) atoms. The summed E-state index contributed by atoms with van der Waals surface area (Å²) in [5.74, 6) is 0. The first-order chi connectivity index (χ1) is 5.00. The number of aryl methyl sites for hydroxylation is 1. The summed E-state index contributed by atoms with van der Waals surface area (Å²) in [6.45, 7) is 1.84. The van der Waals surface area contributed by atoms with Gasteiger partial charge in [-0.1, -0.05) is 17.7 Å². The molecule has 1 N–H and O–H groups in total. The summed E-state index contributed by atoms with van der Waals surface area (Å²) in [4.78, 5) is -0.0666. The van der Waals surface area contributed by atoms with E-state index in [0.29, 0.717) is 0 Å². The minimum absolute atomic E-state index is 0.